The number of nitrogens with zero attached hydrogens (tertiary/aromatic N) is 1. The largest absolute Gasteiger partial charge is 0.198 e. The Morgan fingerprint density at radius 2 is 2.09 bits per heavy atom. The molecule has 11 heavy (non-hydrogen) atoms. The Balaban J connectivity index is 2.74. The third kappa shape index (κ3) is 1.56. The van der Waals surface area contributed by atoms with Crippen molar-refractivity contribution in [2.75, 3.05) is 0 Å². The van der Waals surface area contributed by atoms with Crippen LogP contribution >= 0.6 is 0 Å². The first-order chi connectivity index (χ1) is 5.08. The van der Waals surface area contributed by atoms with Crippen LogP contribution in [0.1, 0.15) is 40.0 Å². The topological polar surface area (TPSA) is 23.8 Å². The molecule has 0 aromatic rings. The van der Waals surface area contributed by atoms with Crippen LogP contribution < -0.4 is 0 Å². The van der Waals surface area contributed by atoms with Gasteiger partial charge in [0.25, 0.3) is 0 Å². The molecule has 0 N–H and O–H groups in total. The summed E-state index contributed by atoms with van der Waals surface area (Å²) in [5.41, 5.74) is 0.256. The Labute approximate surface area is 69.4 Å². The van der Waals surface area contributed by atoms with Gasteiger partial charge in [0, 0.05) is 0 Å². The molecule has 0 aliphatic heterocycles. The van der Waals surface area contributed by atoms with Crippen molar-refractivity contribution in [2.24, 2.45) is 17.3 Å². The lowest BCUT2D eigenvalue weighted by Gasteiger charge is -2.38. The first-order valence-electron chi connectivity index (χ1n) is 4.47. The molecule has 0 amide bonds. The standard InChI is InChI=1S/C10H17N/c1-8-5-4-6-10(2,3)9(8)7-11/h8-9H,4-6H2,1-3H3/t8-,9+/m0/s1. The van der Waals surface area contributed by atoms with Gasteiger partial charge in [-0.05, 0) is 24.2 Å². The van der Waals surface area contributed by atoms with Crippen LogP contribution in [0.3, 0.4) is 0 Å². The molecule has 0 saturated heterocycles. The van der Waals surface area contributed by atoms with E-state index >= 15 is 0 Å². The van der Waals surface area contributed by atoms with Crippen LogP contribution in [0, 0.1) is 28.6 Å². The summed E-state index contributed by atoms with van der Waals surface area (Å²) in [6, 6.07) is 2.44. The van der Waals surface area contributed by atoms with Gasteiger partial charge in [-0.3, -0.25) is 0 Å². The minimum Gasteiger partial charge on any atom is -0.198 e. The van der Waals surface area contributed by atoms with Crippen molar-refractivity contribution in [3.05, 3.63) is 0 Å². The molecule has 1 heteroatoms. The Hall–Kier alpha value is -0.510. The lowest BCUT2D eigenvalue weighted by molar-refractivity contribution is 0.128. The highest BCUT2D eigenvalue weighted by Gasteiger charge is 2.36. The van der Waals surface area contributed by atoms with Crippen molar-refractivity contribution >= 4 is 0 Å². The van der Waals surface area contributed by atoms with E-state index in [2.05, 4.69) is 26.8 Å². The summed E-state index contributed by atoms with van der Waals surface area (Å²) < 4.78 is 0. The van der Waals surface area contributed by atoms with E-state index in [4.69, 9.17) is 5.26 Å². The van der Waals surface area contributed by atoms with Gasteiger partial charge >= 0.3 is 0 Å². The van der Waals surface area contributed by atoms with Crippen molar-refractivity contribution in [1.29, 1.82) is 5.26 Å². The Kier molecular flexibility index (Phi) is 2.23. The van der Waals surface area contributed by atoms with Crippen molar-refractivity contribution < 1.29 is 0 Å². The average Bonchev–Trinajstić information content (AvgIpc) is 1.86. The second-order valence-corrected chi connectivity index (χ2v) is 4.46. The Morgan fingerprint density at radius 1 is 1.45 bits per heavy atom. The molecular weight excluding hydrogens is 134 g/mol. The van der Waals surface area contributed by atoms with Gasteiger partial charge in [0.05, 0.1) is 12.0 Å². The summed E-state index contributed by atoms with van der Waals surface area (Å²) >= 11 is 0. The highest BCUT2D eigenvalue weighted by Crippen LogP contribution is 2.43. The lowest BCUT2D eigenvalue weighted by Crippen LogP contribution is -2.32. The molecular formula is C10H17N. The Morgan fingerprint density at radius 3 is 2.45 bits per heavy atom. The summed E-state index contributed by atoms with van der Waals surface area (Å²) in [5.74, 6) is 0.875. The van der Waals surface area contributed by atoms with E-state index in [0.717, 1.165) is 0 Å². The fourth-order valence-corrected chi connectivity index (χ4v) is 2.27. The molecule has 62 valence electrons. The maximum Gasteiger partial charge on any atom is 0.0664 e. The molecule has 0 aromatic carbocycles. The minimum absolute atomic E-state index is 0.256. The zero-order valence-electron chi connectivity index (χ0n) is 7.72. The summed E-state index contributed by atoms with van der Waals surface area (Å²) in [6.07, 6.45) is 3.75. The van der Waals surface area contributed by atoms with Gasteiger partial charge in [-0.25, -0.2) is 0 Å². The van der Waals surface area contributed by atoms with Crippen LogP contribution in [0.25, 0.3) is 0 Å². The summed E-state index contributed by atoms with van der Waals surface area (Å²) in [5, 5.41) is 8.95. The monoisotopic (exact) mass is 151 g/mol. The molecule has 0 spiro atoms. The van der Waals surface area contributed by atoms with Crippen LogP contribution in [-0.4, -0.2) is 0 Å². The third-order valence-electron chi connectivity index (χ3n) is 3.03. The van der Waals surface area contributed by atoms with Crippen molar-refractivity contribution in [3.8, 4) is 6.07 Å². The normalized spacial score (nSPS) is 36.2. The van der Waals surface area contributed by atoms with Crippen molar-refractivity contribution in [1.82, 2.24) is 0 Å². The lowest BCUT2D eigenvalue weighted by atomic mass is 9.65. The molecule has 1 aliphatic carbocycles. The Bertz CT molecular complexity index is 176. The second-order valence-electron chi connectivity index (χ2n) is 4.46. The molecule has 1 aliphatic rings. The molecule has 0 radical (unpaired) electrons. The summed E-state index contributed by atoms with van der Waals surface area (Å²) in [7, 11) is 0. The van der Waals surface area contributed by atoms with Crippen LogP contribution in [0.15, 0.2) is 0 Å². The molecule has 2 atom stereocenters. The van der Waals surface area contributed by atoms with E-state index in [1.54, 1.807) is 0 Å². The van der Waals surface area contributed by atoms with Gasteiger partial charge in [0.15, 0.2) is 0 Å². The van der Waals surface area contributed by atoms with Crippen LogP contribution in [0.4, 0.5) is 0 Å². The van der Waals surface area contributed by atoms with E-state index in [1.807, 2.05) is 0 Å². The first-order valence-corrected chi connectivity index (χ1v) is 4.47. The van der Waals surface area contributed by atoms with Gasteiger partial charge in [-0.15, -0.1) is 0 Å². The van der Waals surface area contributed by atoms with E-state index < -0.39 is 0 Å². The molecule has 0 bridgehead atoms. The van der Waals surface area contributed by atoms with E-state index in [-0.39, 0.29) is 11.3 Å². The molecule has 0 unspecified atom stereocenters. The van der Waals surface area contributed by atoms with Gasteiger partial charge in [-0.2, -0.15) is 5.26 Å². The number of hydrogen-bond donors (Lipinski definition) is 0. The second kappa shape index (κ2) is 2.85. The summed E-state index contributed by atoms with van der Waals surface area (Å²) in [4.78, 5) is 0. The van der Waals surface area contributed by atoms with E-state index in [0.29, 0.717) is 5.92 Å². The molecule has 1 nitrogen and oxygen atoms in total. The van der Waals surface area contributed by atoms with E-state index in [9.17, 15) is 0 Å². The van der Waals surface area contributed by atoms with Crippen molar-refractivity contribution in [3.63, 3.8) is 0 Å². The molecule has 1 saturated carbocycles. The zero-order chi connectivity index (χ0) is 8.48. The highest BCUT2D eigenvalue weighted by molar-refractivity contribution is 4.98. The summed E-state index contributed by atoms with van der Waals surface area (Å²) in [6.45, 7) is 6.64. The minimum atomic E-state index is 0.256. The molecule has 1 rings (SSSR count). The third-order valence-corrected chi connectivity index (χ3v) is 3.03. The van der Waals surface area contributed by atoms with Crippen LogP contribution in [0.2, 0.25) is 0 Å². The smallest absolute Gasteiger partial charge is 0.0664 e. The van der Waals surface area contributed by atoms with Crippen LogP contribution in [0.5, 0.6) is 0 Å². The zero-order valence-corrected chi connectivity index (χ0v) is 7.72. The van der Waals surface area contributed by atoms with Gasteiger partial charge in [0.2, 0.25) is 0 Å². The predicted octanol–water partition coefficient (Wildman–Crippen LogP) is 2.97. The van der Waals surface area contributed by atoms with Gasteiger partial charge < -0.3 is 0 Å². The highest BCUT2D eigenvalue weighted by atomic mass is 14.4. The van der Waals surface area contributed by atoms with Gasteiger partial charge in [0.1, 0.15) is 0 Å². The van der Waals surface area contributed by atoms with E-state index in [1.165, 1.54) is 19.3 Å². The maximum absolute atomic E-state index is 8.95. The SMILES string of the molecule is C[C@H]1CCCC(C)(C)[C@@H]1C#N. The fourth-order valence-electron chi connectivity index (χ4n) is 2.27. The molecule has 1 fully saturated rings. The number of nitriles is 1. The van der Waals surface area contributed by atoms with Crippen LogP contribution in [-0.2, 0) is 0 Å². The first kappa shape index (κ1) is 8.59. The number of hydrogen-bond acceptors (Lipinski definition) is 1. The van der Waals surface area contributed by atoms with Crippen molar-refractivity contribution in [2.45, 2.75) is 40.0 Å². The van der Waals surface area contributed by atoms with Gasteiger partial charge in [-0.1, -0.05) is 27.2 Å². The maximum atomic E-state index is 8.95. The fraction of sp³-hybridized carbons (Fsp3) is 0.900. The average molecular weight is 151 g/mol. The molecule has 0 heterocycles. The molecule has 0 aromatic heterocycles. The number of rotatable bonds is 0. The quantitative estimate of drug-likeness (QED) is 0.522. The predicted molar refractivity (Wildman–Crippen MR) is 45.9 cm³/mol.